The zero-order chi connectivity index (χ0) is 8.72. The highest BCUT2D eigenvalue weighted by Gasteiger charge is 2.26. The molecule has 0 amide bonds. The molecule has 0 fully saturated rings. The predicted octanol–water partition coefficient (Wildman–Crippen LogP) is 1.95. The fourth-order valence-corrected chi connectivity index (χ4v) is 2.02. The molecular formula is C10H16N2. The van der Waals surface area contributed by atoms with Gasteiger partial charge in [0.2, 0.25) is 0 Å². The fourth-order valence-electron chi connectivity index (χ4n) is 2.02. The van der Waals surface area contributed by atoms with Gasteiger partial charge in [0, 0.05) is 30.4 Å². The lowest BCUT2D eigenvalue weighted by atomic mass is 9.96. The van der Waals surface area contributed by atoms with E-state index in [2.05, 4.69) is 36.8 Å². The van der Waals surface area contributed by atoms with E-state index in [9.17, 15) is 0 Å². The SMILES string of the molecule is C[C@@H]1Cc2[nH]ccc2[C@@H](C)N1C. The molecule has 0 saturated carbocycles. The molecule has 1 aliphatic rings. The van der Waals surface area contributed by atoms with Gasteiger partial charge in [0.25, 0.3) is 0 Å². The van der Waals surface area contributed by atoms with E-state index in [4.69, 9.17) is 0 Å². The van der Waals surface area contributed by atoms with Gasteiger partial charge in [0.1, 0.15) is 0 Å². The highest BCUT2D eigenvalue weighted by atomic mass is 15.2. The molecule has 2 nitrogen and oxygen atoms in total. The van der Waals surface area contributed by atoms with Crippen molar-refractivity contribution in [2.75, 3.05) is 7.05 Å². The molecule has 1 N–H and O–H groups in total. The maximum absolute atomic E-state index is 3.31. The van der Waals surface area contributed by atoms with E-state index in [0.717, 1.165) is 6.42 Å². The summed E-state index contributed by atoms with van der Waals surface area (Å²) >= 11 is 0. The number of H-pyrrole nitrogens is 1. The van der Waals surface area contributed by atoms with E-state index in [1.807, 2.05) is 6.20 Å². The lowest BCUT2D eigenvalue weighted by Gasteiger charge is -2.35. The number of nitrogens with zero attached hydrogens (tertiary/aromatic N) is 1. The van der Waals surface area contributed by atoms with Crippen LogP contribution in [0.1, 0.15) is 31.1 Å². The number of hydrogen-bond acceptors (Lipinski definition) is 1. The van der Waals surface area contributed by atoms with Crippen LogP contribution in [0.15, 0.2) is 12.3 Å². The Morgan fingerprint density at radius 1 is 1.50 bits per heavy atom. The maximum Gasteiger partial charge on any atom is 0.0337 e. The molecule has 2 rings (SSSR count). The number of likely N-dealkylation sites (N-methyl/N-ethyl adjacent to an activating group) is 1. The highest BCUT2D eigenvalue weighted by molar-refractivity contribution is 5.27. The van der Waals surface area contributed by atoms with E-state index in [0.29, 0.717) is 12.1 Å². The van der Waals surface area contributed by atoms with Gasteiger partial charge in [-0.1, -0.05) is 0 Å². The molecule has 2 heteroatoms. The second-order valence-electron chi connectivity index (χ2n) is 3.81. The van der Waals surface area contributed by atoms with Crippen LogP contribution in [0.25, 0.3) is 0 Å². The van der Waals surface area contributed by atoms with E-state index in [1.54, 1.807) is 0 Å². The van der Waals surface area contributed by atoms with Crippen LogP contribution in [0.3, 0.4) is 0 Å². The molecule has 12 heavy (non-hydrogen) atoms. The summed E-state index contributed by atoms with van der Waals surface area (Å²) < 4.78 is 0. The van der Waals surface area contributed by atoms with Crippen molar-refractivity contribution in [2.24, 2.45) is 0 Å². The molecule has 1 aromatic rings. The van der Waals surface area contributed by atoms with Crippen LogP contribution in [0.5, 0.6) is 0 Å². The van der Waals surface area contributed by atoms with Gasteiger partial charge in [-0.15, -0.1) is 0 Å². The summed E-state index contributed by atoms with van der Waals surface area (Å²) in [6.07, 6.45) is 3.20. The van der Waals surface area contributed by atoms with Crippen LogP contribution in [-0.4, -0.2) is 23.0 Å². The Labute approximate surface area is 73.6 Å². The highest BCUT2D eigenvalue weighted by Crippen LogP contribution is 2.30. The van der Waals surface area contributed by atoms with Crippen LogP contribution in [-0.2, 0) is 6.42 Å². The molecule has 0 radical (unpaired) electrons. The van der Waals surface area contributed by atoms with Crippen molar-refractivity contribution >= 4 is 0 Å². The number of fused-ring (bicyclic) bond motifs is 1. The standard InChI is InChI=1S/C10H16N2/c1-7-6-10-9(4-5-11-10)8(2)12(7)3/h4-5,7-8,11H,6H2,1-3H3/t7-,8-/m1/s1. The molecular weight excluding hydrogens is 148 g/mol. The van der Waals surface area contributed by atoms with E-state index >= 15 is 0 Å². The van der Waals surface area contributed by atoms with Crippen LogP contribution < -0.4 is 0 Å². The topological polar surface area (TPSA) is 19.0 Å². The Morgan fingerprint density at radius 3 is 3.00 bits per heavy atom. The minimum Gasteiger partial charge on any atom is -0.365 e. The van der Waals surface area contributed by atoms with Crippen molar-refractivity contribution in [2.45, 2.75) is 32.4 Å². The molecule has 2 heterocycles. The molecule has 0 unspecified atom stereocenters. The Bertz CT molecular complexity index is 277. The second kappa shape index (κ2) is 2.63. The van der Waals surface area contributed by atoms with Gasteiger partial charge in [0.05, 0.1) is 0 Å². The summed E-state index contributed by atoms with van der Waals surface area (Å²) in [5.74, 6) is 0. The first-order valence-corrected chi connectivity index (χ1v) is 4.58. The predicted molar refractivity (Wildman–Crippen MR) is 50.1 cm³/mol. The molecule has 1 aliphatic heterocycles. The Hall–Kier alpha value is -0.760. The zero-order valence-corrected chi connectivity index (χ0v) is 7.96. The van der Waals surface area contributed by atoms with E-state index in [-0.39, 0.29) is 0 Å². The quantitative estimate of drug-likeness (QED) is 0.621. The first kappa shape index (κ1) is 7.87. The summed E-state index contributed by atoms with van der Waals surface area (Å²) in [5.41, 5.74) is 2.89. The van der Waals surface area contributed by atoms with Gasteiger partial charge in [-0.3, -0.25) is 4.90 Å². The summed E-state index contributed by atoms with van der Waals surface area (Å²) in [6.45, 7) is 4.54. The van der Waals surface area contributed by atoms with Gasteiger partial charge in [-0.2, -0.15) is 0 Å². The smallest absolute Gasteiger partial charge is 0.0337 e. The Balaban J connectivity index is 2.39. The summed E-state index contributed by atoms with van der Waals surface area (Å²) in [5, 5.41) is 0. The van der Waals surface area contributed by atoms with Crippen LogP contribution in [0, 0.1) is 0 Å². The third-order valence-corrected chi connectivity index (χ3v) is 3.12. The van der Waals surface area contributed by atoms with Gasteiger partial charge in [-0.05, 0) is 32.5 Å². The average molecular weight is 164 g/mol. The van der Waals surface area contributed by atoms with Crippen molar-refractivity contribution in [1.82, 2.24) is 9.88 Å². The molecule has 0 aliphatic carbocycles. The lowest BCUT2D eigenvalue weighted by molar-refractivity contribution is 0.178. The van der Waals surface area contributed by atoms with Crippen molar-refractivity contribution in [3.63, 3.8) is 0 Å². The molecule has 1 aromatic heterocycles. The zero-order valence-electron chi connectivity index (χ0n) is 7.96. The maximum atomic E-state index is 3.31. The number of aromatic nitrogens is 1. The molecule has 0 aromatic carbocycles. The molecule has 2 atom stereocenters. The largest absolute Gasteiger partial charge is 0.365 e. The second-order valence-corrected chi connectivity index (χ2v) is 3.81. The number of nitrogens with one attached hydrogen (secondary N) is 1. The Kier molecular flexibility index (Phi) is 1.72. The van der Waals surface area contributed by atoms with Gasteiger partial charge < -0.3 is 4.98 Å². The molecule has 0 bridgehead atoms. The first-order chi connectivity index (χ1) is 5.70. The fraction of sp³-hybridized carbons (Fsp3) is 0.600. The normalized spacial score (nSPS) is 30.2. The van der Waals surface area contributed by atoms with Crippen LogP contribution in [0.2, 0.25) is 0 Å². The molecule has 66 valence electrons. The van der Waals surface area contributed by atoms with Gasteiger partial charge >= 0.3 is 0 Å². The number of hydrogen-bond donors (Lipinski definition) is 1. The van der Waals surface area contributed by atoms with E-state index < -0.39 is 0 Å². The van der Waals surface area contributed by atoms with Crippen molar-refractivity contribution in [1.29, 1.82) is 0 Å². The van der Waals surface area contributed by atoms with Crippen LogP contribution >= 0.6 is 0 Å². The third kappa shape index (κ3) is 0.985. The summed E-state index contributed by atoms with van der Waals surface area (Å²) in [4.78, 5) is 5.74. The average Bonchev–Trinajstić information content (AvgIpc) is 2.48. The van der Waals surface area contributed by atoms with Gasteiger partial charge in [0.15, 0.2) is 0 Å². The summed E-state index contributed by atoms with van der Waals surface area (Å²) in [6, 6.07) is 3.42. The number of aromatic amines is 1. The van der Waals surface area contributed by atoms with Crippen molar-refractivity contribution in [3.8, 4) is 0 Å². The third-order valence-electron chi connectivity index (χ3n) is 3.12. The Morgan fingerprint density at radius 2 is 2.25 bits per heavy atom. The monoisotopic (exact) mass is 164 g/mol. The van der Waals surface area contributed by atoms with E-state index in [1.165, 1.54) is 11.3 Å². The minimum atomic E-state index is 0.565. The summed E-state index contributed by atoms with van der Waals surface area (Å²) in [7, 11) is 2.20. The lowest BCUT2D eigenvalue weighted by Crippen LogP contribution is -2.37. The van der Waals surface area contributed by atoms with Gasteiger partial charge in [-0.25, -0.2) is 0 Å². The van der Waals surface area contributed by atoms with Crippen molar-refractivity contribution in [3.05, 3.63) is 23.5 Å². The molecule has 0 saturated heterocycles. The van der Waals surface area contributed by atoms with Crippen LogP contribution in [0.4, 0.5) is 0 Å². The molecule has 0 spiro atoms. The van der Waals surface area contributed by atoms with Crippen molar-refractivity contribution < 1.29 is 0 Å². The first-order valence-electron chi connectivity index (χ1n) is 4.58. The minimum absolute atomic E-state index is 0.565. The number of rotatable bonds is 0.